The van der Waals surface area contributed by atoms with Gasteiger partial charge in [0.2, 0.25) is 0 Å². The molecule has 0 aliphatic carbocycles. The van der Waals surface area contributed by atoms with Crippen molar-refractivity contribution >= 4 is 5.91 Å². The van der Waals surface area contributed by atoms with Gasteiger partial charge < -0.3 is 10.6 Å². The molecular formula is C21H21F2N5O. The average molecular weight is 397 g/mol. The van der Waals surface area contributed by atoms with E-state index >= 15 is 0 Å². The molecule has 4 rings (SSSR count). The summed E-state index contributed by atoms with van der Waals surface area (Å²) in [7, 11) is 0. The molecule has 8 heteroatoms. The summed E-state index contributed by atoms with van der Waals surface area (Å²) < 4.78 is 28.6. The van der Waals surface area contributed by atoms with Gasteiger partial charge in [-0.15, -0.1) is 0 Å². The Morgan fingerprint density at radius 1 is 1.21 bits per heavy atom. The van der Waals surface area contributed by atoms with Gasteiger partial charge >= 0.3 is 0 Å². The molecule has 1 aromatic heterocycles. The molecule has 6 nitrogen and oxygen atoms in total. The molecule has 2 aromatic carbocycles. The van der Waals surface area contributed by atoms with E-state index in [0.29, 0.717) is 17.7 Å². The van der Waals surface area contributed by atoms with Gasteiger partial charge in [-0.05, 0) is 61.3 Å². The lowest BCUT2D eigenvalue weighted by atomic mass is 9.85. The number of nitrogens with zero attached hydrogens (tertiary/aromatic N) is 3. The number of aryl methyl sites for hydroxylation is 1. The van der Waals surface area contributed by atoms with Gasteiger partial charge in [-0.2, -0.15) is 5.10 Å². The van der Waals surface area contributed by atoms with Gasteiger partial charge in [0.05, 0.1) is 5.69 Å². The Hall–Kier alpha value is -3.13. The fraction of sp³-hybridized carbons (Fsp3) is 0.286. The van der Waals surface area contributed by atoms with Crippen LogP contribution in [0.15, 0.2) is 49.1 Å². The zero-order valence-electron chi connectivity index (χ0n) is 15.9. The summed E-state index contributed by atoms with van der Waals surface area (Å²) in [6, 6.07) is 9.16. The zero-order chi connectivity index (χ0) is 20.4. The van der Waals surface area contributed by atoms with Crippen LogP contribution < -0.4 is 10.6 Å². The standard InChI is InChI=1S/C21H21F2N5O/c1-13-8-15(28-12-25-11-26-28)3-4-16(13)21(29)27-20-10-24-7-6-17(20)14-2-5-18(22)19(23)9-14/h2-5,8-9,11-12,17,20,24H,6-7,10H2,1H3,(H,27,29)/t17-,20-/m1/s1. The summed E-state index contributed by atoms with van der Waals surface area (Å²) in [5.74, 6) is -2.03. The molecule has 29 heavy (non-hydrogen) atoms. The van der Waals surface area contributed by atoms with E-state index in [1.54, 1.807) is 23.1 Å². The van der Waals surface area contributed by atoms with Crippen molar-refractivity contribution in [3.8, 4) is 5.69 Å². The van der Waals surface area contributed by atoms with E-state index in [1.807, 2.05) is 19.1 Å². The predicted octanol–water partition coefficient (Wildman–Crippen LogP) is 2.73. The molecule has 2 heterocycles. The minimum atomic E-state index is -0.870. The summed E-state index contributed by atoms with van der Waals surface area (Å²) in [4.78, 5) is 16.8. The average Bonchev–Trinajstić information content (AvgIpc) is 3.25. The van der Waals surface area contributed by atoms with Gasteiger partial charge in [-0.3, -0.25) is 4.79 Å². The van der Waals surface area contributed by atoms with Gasteiger partial charge in [-0.25, -0.2) is 18.4 Å². The second-order valence-electron chi connectivity index (χ2n) is 7.19. The molecule has 0 bridgehead atoms. The van der Waals surface area contributed by atoms with E-state index in [4.69, 9.17) is 0 Å². The molecule has 0 radical (unpaired) electrons. The van der Waals surface area contributed by atoms with Crippen molar-refractivity contribution in [1.29, 1.82) is 0 Å². The lowest BCUT2D eigenvalue weighted by Crippen LogP contribution is -2.50. The van der Waals surface area contributed by atoms with Crippen LogP contribution in [0.2, 0.25) is 0 Å². The van der Waals surface area contributed by atoms with Crippen LogP contribution in [0.3, 0.4) is 0 Å². The van der Waals surface area contributed by atoms with Crippen LogP contribution in [-0.2, 0) is 0 Å². The van der Waals surface area contributed by atoms with Crippen molar-refractivity contribution in [2.24, 2.45) is 0 Å². The highest BCUT2D eigenvalue weighted by atomic mass is 19.2. The van der Waals surface area contributed by atoms with Crippen molar-refractivity contribution in [2.75, 3.05) is 13.1 Å². The number of carbonyl (C=O) groups is 1. The summed E-state index contributed by atoms with van der Waals surface area (Å²) in [5, 5.41) is 10.4. The largest absolute Gasteiger partial charge is 0.347 e. The van der Waals surface area contributed by atoms with Gasteiger partial charge in [-0.1, -0.05) is 6.07 Å². The number of halogens is 2. The first-order valence-corrected chi connectivity index (χ1v) is 9.45. The highest BCUT2D eigenvalue weighted by Gasteiger charge is 2.29. The van der Waals surface area contributed by atoms with E-state index in [9.17, 15) is 13.6 Å². The highest BCUT2D eigenvalue weighted by molar-refractivity contribution is 5.96. The first-order valence-electron chi connectivity index (χ1n) is 9.45. The van der Waals surface area contributed by atoms with E-state index < -0.39 is 11.6 Å². The third kappa shape index (κ3) is 4.02. The van der Waals surface area contributed by atoms with Crippen molar-refractivity contribution in [1.82, 2.24) is 25.4 Å². The molecule has 0 unspecified atom stereocenters. The van der Waals surface area contributed by atoms with Crippen molar-refractivity contribution < 1.29 is 13.6 Å². The molecule has 1 amide bonds. The number of hydrogen-bond acceptors (Lipinski definition) is 4. The van der Waals surface area contributed by atoms with E-state index in [2.05, 4.69) is 20.7 Å². The smallest absolute Gasteiger partial charge is 0.251 e. The first-order chi connectivity index (χ1) is 14.0. The first kappa shape index (κ1) is 19.2. The third-order valence-corrected chi connectivity index (χ3v) is 5.31. The minimum Gasteiger partial charge on any atom is -0.347 e. The number of nitrogens with one attached hydrogen (secondary N) is 2. The molecule has 1 fully saturated rings. The van der Waals surface area contributed by atoms with Crippen LogP contribution in [-0.4, -0.2) is 39.8 Å². The summed E-state index contributed by atoms with van der Waals surface area (Å²) in [6.07, 6.45) is 3.76. The Labute approximate surface area is 167 Å². The fourth-order valence-corrected chi connectivity index (χ4v) is 3.78. The number of rotatable bonds is 4. The second kappa shape index (κ2) is 8.08. The number of hydrogen-bond donors (Lipinski definition) is 2. The van der Waals surface area contributed by atoms with E-state index in [-0.39, 0.29) is 17.9 Å². The second-order valence-corrected chi connectivity index (χ2v) is 7.19. The molecule has 0 saturated carbocycles. The Morgan fingerprint density at radius 3 is 2.79 bits per heavy atom. The maximum atomic E-state index is 13.7. The Bertz CT molecular complexity index is 1020. The molecule has 1 aliphatic rings. The quantitative estimate of drug-likeness (QED) is 0.710. The van der Waals surface area contributed by atoms with Gasteiger partial charge in [0, 0.05) is 24.1 Å². The van der Waals surface area contributed by atoms with E-state index in [1.165, 1.54) is 12.4 Å². The molecule has 3 aromatic rings. The molecule has 0 spiro atoms. The SMILES string of the molecule is Cc1cc(-n2cncn2)ccc1C(=O)N[C@@H]1CNCC[C@@H]1c1ccc(F)c(F)c1. The number of carbonyl (C=O) groups excluding carboxylic acids is 1. The Kier molecular flexibility index (Phi) is 5.35. The maximum Gasteiger partial charge on any atom is 0.251 e. The molecule has 2 N–H and O–H groups in total. The monoisotopic (exact) mass is 397 g/mol. The van der Waals surface area contributed by atoms with Crippen molar-refractivity contribution in [2.45, 2.75) is 25.3 Å². The van der Waals surface area contributed by atoms with Crippen molar-refractivity contribution in [3.63, 3.8) is 0 Å². The van der Waals surface area contributed by atoms with Crippen LogP contribution in [0.1, 0.15) is 33.8 Å². The lowest BCUT2D eigenvalue weighted by Gasteiger charge is -2.33. The van der Waals surface area contributed by atoms with Crippen LogP contribution >= 0.6 is 0 Å². The molecule has 150 valence electrons. The summed E-state index contributed by atoms with van der Waals surface area (Å²) in [6.45, 7) is 3.18. The Balaban J connectivity index is 1.53. The molecular weight excluding hydrogens is 376 g/mol. The summed E-state index contributed by atoms with van der Waals surface area (Å²) in [5.41, 5.74) is 2.87. The number of amides is 1. The Morgan fingerprint density at radius 2 is 2.07 bits per heavy atom. The number of benzene rings is 2. The van der Waals surface area contributed by atoms with Crippen LogP contribution in [0.4, 0.5) is 8.78 Å². The van der Waals surface area contributed by atoms with Gasteiger partial charge in [0.15, 0.2) is 11.6 Å². The number of piperidine rings is 1. The van der Waals surface area contributed by atoms with Crippen LogP contribution in [0.5, 0.6) is 0 Å². The highest BCUT2D eigenvalue weighted by Crippen LogP contribution is 2.27. The normalized spacial score (nSPS) is 19.1. The molecule has 1 aliphatic heterocycles. The van der Waals surface area contributed by atoms with Gasteiger partial charge in [0.25, 0.3) is 5.91 Å². The van der Waals surface area contributed by atoms with Crippen LogP contribution in [0, 0.1) is 18.6 Å². The van der Waals surface area contributed by atoms with Crippen molar-refractivity contribution in [3.05, 3.63) is 77.4 Å². The maximum absolute atomic E-state index is 13.7. The predicted molar refractivity (Wildman–Crippen MR) is 104 cm³/mol. The number of aromatic nitrogens is 3. The fourth-order valence-electron chi connectivity index (χ4n) is 3.78. The lowest BCUT2D eigenvalue weighted by molar-refractivity contribution is 0.0924. The zero-order valence-corrected chi connectivity index (χ0v) is 15.9. The van der Waals surface area contributed by atoms with Gasteiger partial charge in [0.1, 0.15) is 12.7 Å². The summed E-state index contributed by atoms with van der Waals surface area (Å²) >= 11 is 0. The molecule has 2 atom stereocenters. The van der Waals surface area contributed by atoms with Crippen LogP contribution in [0.25, 0.3) is 5.69 Å². The minimum absolute atomic E-state index is 0.0926. The van der Waals surface area contributed by atoms with E-state index in [0.717, 1.165) is 30.3 Å². The molecule has 1 saturated heterocycles. The topological polar surface area (TPSA) is 71.8 Å². The third-order valence-electron chi connectivity index (χ3n) is 5.31.